The lowest BCUT2D eigenvalue weighted by atomic mass is 10.1. The topological polar surface area (TPSA) is 30.5 Å². The molecule has 0 radical (unpaired) electrons. The van der Waals surface area contributed by atoms with Crippen LogP contribution in [0, 0.1) is 0 Å². The highest BCUT2D eigenvalue weighted by Crippen LogP contribution is 2.32. The summed E-state index contributed by atoms with van der Waals surface area (Å²) >= 11 is 9.47. The summed E-state index contributed by atoms with van der Waals surface area (Å²) in [6, 6.07) is 11.6. The van der Waals surface area contributed by atoms with Crippen LogP contribution in [0.15, 0.2) is 40.9 Å². The first-order valence-electron chi connectivity index (χ1n) is 6.63. The van der Waals surface area contributed by atoms with Crippen LogP contribution in [0.25, 0.3) is 0 Å². The van der Waals surface area contributed by atoms with Crippen LogP contribution in [0.4, 0.5) is 5.69 Å². The first-order valence-corrected chi connectivity index (χ1v) is 7.80. The first-order chi connectivity index (χ1) is 10.2. The van der Waals surface area contributed by atoms with Crippen molar-refractivity contribution in [2.45, 2.75) is 13.5 Å². The van der Waals surface area contributed by atoms with Crippen molar-refractivity contribution in [1.29, 1.82) is 0 Å². The van der Waals surface area contributed by atoms with Crippen molar-refractivity contribution in [3.05, 3.63) is 51.5 Å². The highest BCUT2D eigenvalue weighted by atomic mass is 79.9. The normalized spacial score (nSPS) is 10.3. The van der Waals surface area contributed by atoms with Gasteiger partial charge in [-0.3, -0.25) is 0 Å². The minimum atomic E-state index is 0.607. The Hall–Kier alpha value is -1.39. The van der Waals surface area contributed by atoms with E-state index in [1.54, 1.807) is 7.11 Å². The van der Waals surface area contributed by atoms with Gasteiger partial charge in [0.15, 0.2) is 11.5 Å². The molecule has 0 amide bonds. The summed E-state index contributed by atoms with van der Waals surface area (Å²) in [6.45, 7) is 3.19. The Kier molecular flexibility index (Phi) is 5.76. The highest BCUT2D eigenvalue weighted by Gasteiger charge is 2.09. The number of hydrogen-bond acceptors (Lipinski definition) is 3. The summed E-state index contributed by atoms with van der Waals surface area (Å²) in [6.07, 6.45) is 0. The smallest absolute Gasteiger partial charge is 0.165 e. The summed E-state index contributed by atoms with van der Waals surface area (Å²) in [4.78, 5) is 0. The van der Waals surface area contributed by atoms with E-state index in [1.165, 1.54) is 0 Å². The van der Waals surface area contributed by atoms with Gasteiger partial charge in [0.05, 0.1) is 18.7 Å². The molecule has 0 atom stereocenters. The number of ether oxygens (including phenoxy) is 2. The molecule has 2 aromatic carbocycles. The predicted molar refractivity (Wildman–Crippen MR) is 90.6 cm³/mol. The fraction of sp³-hybridized carbons (Fsp3) is 0.250. The minimum Gasteiger partial charge on any atom is -0.493 e. The molecule has 0 aliphatic heterocycles. The van der Waals surface area contributed by atoms with Gasteiger partial charge in [0.2, 0.25) is 0 Å². The van der Waals surface area contributed by atoms with Gasteiger partial charge >= 0.3 is 0 Å². The van der Waals surface area contributed by atoms with Crippen molar-refractivity contribution in [2.24, 2.45) is 0 Å². The van der Waals surface area contributed by atoms with Gasteiger partial charge < -0.3 is 14.8 Å². The van der Waals surface area contributed by atoms with Crippen LogP contribution in [0.3, 0.4) is 0 Å². The van der Waals surface area contributed by atoms with E-state index in [0.29, 0.717) is 18.2 Å². The van der Waals surface area contributed by atoms with Gasteiger partial charge in [-0.05, 0) is 47.1 Å². The molecule has 0 spiro atoms. The fourth-order valence-electron chi connectivity index (χ4n) is 2.00. The first kappa shape index (κ1) is 16.0. The molecule has 0 unspecified atom stereocenters. The Labute approximate surface area is 138 Å². The molecule has 5 heteroatoms. The van der Waals surface area contributed by atoms with Crippen LogP contribution < -0.4 is 14.8 Å². The van der Waals surface area contributed by atoms with Crippen LogP contribution in [0.2, 0.25) is 5.02 Å². The molecule has 0 aliphatic rings. The van der Waals surface area contributed by atoms with Crippen LogP contribution >= 0.6 is 27.5 Å². The average Bonchev–Trinajstić information content (AvgIpc) is 2.49. The van der Waals surface area contributed by atoms with Crippen molar-refractivity contribution < 1.29 is 9.47 Å². The number of rotatable bonds is 6. The molecule has 0 aromatic heterocycles. The van der Waals surface area contributed by atoms with Gasteiger partial charge in [-0.25, -0.2) is 0 Å². The van der Waals surface area contributed by atoms with Crippen LogP contribution in [0.5, 0.6) is 11.5 Å². The van der Waals surface area contributed by atoms with Gasteiger partial charge in [-0.1, -0.05) is 23.7 Å². The summed E-state index contributed by atoms with van der Waals surface area (Å²) in [5.41, 5.74) is 1.98. The van der Waals surface area contributed by atoms with E-state index in [0.717, 1.165) is 27.2 Å². The van der Waals surface area contributed by atoms with E-state index in [1.807, 2.05) is 43.3 Å². The van der Waals surface area contributed by atoms with E-state index in [2.05, 4.69) is 21.2 Å². The summed E-state index contributed by atoms with van der Waals surface area (Å²) in [5, 5.41) is 4.01. The largest absolute Gasteiger partial charge is 0.493 e. The third-order valence-electron chi connectivity index (χ3n) is 2.97. The number of methoxy groups -OCH3 is 1. The molecule has 112 valence electrons. The van der Waals surface area contributed by atoms with Crippen LogP contribution in [-0.2, 0) is 6.54 Å². The van der Waals surface area contributed by atoms with Crippen LogP contribution in [0.1, 0.15) is 12.5 Å². The lowest BCUT2D eigenvalue weighted by Crippen LogP contribution is -2.04. The molecule has 0 saturated carbocycles. The lowest BCUT2D eigenvalue weighted by Gasteiger charge is -2.14. The summed E-state index contributed by atoms with van der Waals surface area (Å²) < 4.78 is 11.9. The van der Waals surface area contributed by atoms with E-state index in [4.69, 9.17) is 21.1 Å². The fourth-order valence-corrected chi connectivity index (χ4v) is 2.43. The monoisotopic (exact) mass is 369 g/mol. The predicted octanol–water partition coefficient (Wildman–Crippen LogP) is 5.12. The zero-order chi connectivity index (χ0) is 15.2. The van der Waals surface area contributed by atoms with Crippen molar-refractivity contribution >= 4 is 33.2 Å². The number of hydrogen-bond donors (Lipinski definition) is 1. The second kappa shape index (κ2) is 7.57. The summed E-state index contributed by atoms with van der Waals surface area (Å²) in [7, 11) is 1.65. The lowest BCUT2D eigenvalue weighted by molar-refractivity contribution is 0.309. The number of para-hydroxylation sites is 1. The second-order valence-corrected chi connectivity index (χ2v) is 5.63. The van der Waals surface area contributed by atoms with E-state index >= 15 is 0 Å². The SMILES string of the molecule is CCOc1cccc(CNc2ccc(Br)c(Cl)c2)c1OC. The quantitative estimate of drug-likeness (QED) is 0.765. The maximum atomic E-state index is 6.09. The molecular weight excluding hydrogens is 354 g/mol. The molecule has 0 fully saturated rings. The number of halogens is 2. The molecule has 21 heavy (non-hydrogen) atoms. The molecule has 0 heterocycles. The number of anilines is 1. The Morgan fingerprint density at radius 1 is 1.24 bits per heavy atom. The maximum Gasteiger partial charge on any atom is 0.165 e. The standard InChI is InChI=1S/C16H17BrClNO2/c1-3-21-15-6-4-5-11(16(15)20-2)10-19-12-7-8-13(17)14(18)9-12/h4-9,19H,3,10H2,1-2H3. The average molecular weight is 371 g/mol. The van der Waals surface area contributed by atoms with E-state index in [9.17, 15) is 0 Å². The van der Waals surface area contributed by atoms with E-state index in [-0.39, 0.29) is 0 Å². The zero-order valence-corrected chi connectivity index (χ0v) is 14.3. The molecule has 0 aliphatic carbocycles. The summed E-state index contributed by atoms with van der Waals surface area (Å²) in [5.74, 6) is 1.52. The molecule has 0 saturated heterocycles. The molecule has 3 nitrogen and oxygen atoms in total. The van der Waals surface area contributed by atoms with Gasteiger partial charge in [0, 0.05) is 22.3 Å². The minimum absolute atomic E-state index is 0.607. The van der Waals surface area contributed by atoms with Crippen molar-refractivity contribution in [3.8, 4) is 11.5 Å². The van der Waals surface area contributed by atoms with Gasteiger partial charge in [0.25, 0.3) is 0 Å². The van der Waals surface area contributed by atoms with Gasteiger partial charge in [-0.15, -0.1) is 0 Å². The third kappa shape index (κ3) is 4.05. The van der Waals surface area contributed by atoms with Gasteiger partial charge in [0.1, 0.15) is 0 Å². The van der Waals surface area contributed by atoms with Gasteiger partial charge in [-0.2, -0.15) is 0 Å². The molecule has 1 N–H and O–H groups in total. The van der Waals surface area contributed by atoms with Crippen molar-refractivity contribution in [3.63, 3.8) is 0 Å². The highest BCUT2D eigenvalue weighted by molar-refractivity contribution is 9.10. The Morgan fingerprint density at radius 2 is 2.05 bits per heavy atom. The van der Waals surface area contributed by atoms with Crippen LogP contribution in [-0.4, -0.2) is 13.7 Å². The Bertz CT molecular complexity index is 619. The Morgan fingerprint density at radius 3 is 2.71 bits per heavy atom. The van der Waals surface area contributed by atoms with E-state index < -0.39 is 0 Å². The number of nitrogens with one attached hydrogen (secondary N) is 1. The maximum absolute atomic E-state index is 6.09. The van der Waals surface area contributed by atoms with Crippen molar-refractivity contribution in [1.82, 2.24) is 0 Å². The third-order valence-corrected chi connectivity index (χ3v) is 4.20. The Balaban J connectivity index is 2.15. The number of benzene rings is 2. The molecule has 0 bridgehead atoms. The molecular formula is C16H17BrClNO2. The second-order valence-electron chi connectivity index (χ2n) is 4.36. The van der Waals surface area contributed by atoms with Crippen molar-refractivity contribution in [2.75, 3.05) is 19.0 Å². The zero-order valence-electron chi connectivity index (χ0n) is 12.0. The molecule has 2 rings (SSSR count). The molecule has 2 aromatic rings.